The van der Waals surface area contributed by atoms with Crippen LogP contribution in [0.2, 0.25) is 0 Å². The molecule has 0 radical (unpaired) electrons. The molecule has 1 saturated heterocycles. The predicted molar refractivity (Wildman–Crippen MR) is 108 cm³/mol. The van der Waals surface area contributed by atoms with Crippen LogP contribution in [-0.2, 0) is 9.53 Å². The van der Waals surface area contributed by atoms with Crippen LogP contribution in [0.3, 0.4) is 0 Å². The third-order valence-corrected chi connectivity index (χ3v) is 6.51. The molecule has 140 valence electrons. The normalized spacial score (nSPS) is 16.7. The largest absolute Gasteiger partial charge is 0.448 e. The summed E-state index contributed by atoms with van der Waals surface area (Å²) < 4.78 is 5.71. The molecular formula is C22H23NO3S. The average Bonchev–Trinajstić information content (AvgIpc) is 3.00. The smallest absolute Gasteiger partial charge is 0.409 e. The van der Waals surface area contributed by atoms with Gasteiger partial charge in [0.1, 0.15) is 6.61 Å². The Morgan fingerprint density at radius 1 is 1.00 bits per heavy atom. The van der Waals surface area contributed by atoms with Gasteiger partial charge in [-0.05, 0) is 35.1 Å². The van der Waals surface area contributed by atoms with Crippen molar-refractivity contribution >= 4 is 23.0 Å². The Labute approximate surface area is 163 Å². The van der Waals surface area contributed by atoms with Gasteiger partial charge in [0.25, 0.3) is 0 Å². The van der Waals surface area contributed by atoms with Crippen molar-refractivity contribution in [1.82, 2.24) is 4.90 Å². The topological polar surface area (TPSA) is 46.6 Å². The summed E-state index contributed by atoms with van der Waals surface area (Å²) >= 11 is 1.39. The fourth-order valence-corrected chi connectivity index (χ4v) is 4.99. The van der Waals surface area contributed by atoms with Gasteiger partial charge >= 0.3 is 6.09 Å². The molecule has 1 aliphatic heterocycles. The molecule has 0 atom stereocenters. The van der Waals surface area contributed by atoms with E-state index in [9.17, 15) is 9.59 Å². The molecule has 2 aliphatic rings. The fraction of sp³-hybridized carbons (Fsp3) is 0.364. The molecule has 0 spiro atoms. The average molecular weight is 381 g/mol. The molecule has 1 amide bonds. The number of carbonyl (C=O) groups is 2. The Morgan fingerprint density at radius 3 is 2.11 bits per heavy atom. The predicted octanol–water partition coefficient (Wildman–Crippen LogP) is 4.68. The highest BCUT2D eigenvalue weighted by Gasteiger charge is 2.30. The van der Waals surface area contributed by atoms with Gasteiger partial charge in [0.15, 0.2) is 5.12 Å². The quantitative estimate of drug-likeness (QED) is 0.774. The van der Waals surface area contributed by atoms with Gasteiger partial charge in [0.05, 0.1) is 0 Å². The number of hydrogen-bond donors (Lipinski definition) is 0. The number of nitrogens with zero attached hydrogens (tertiary/aromatic N) is 1. The van der Waals surface area contributed by atoms with Crippen LogP contribution in [0.4, 0.5) is 4.79 Å². The van der Waals surface area contributed by atoms with Crippen molar-refractivity contribution in [3.63, 3.8) is 0 Å². The Kier molecular flexibility index (Phi) is 5.21. The summed E-state index contributed by atoms with van der Waals surface area (Å²) in [6.45, 7) is 3.26. The second-order valence-electron chi connectivity index (χ2n) is 7.10. The van der Waals surface area contributed by atoms with Gasteiger partial charge in [0, 0.05) is 31.2 Å². The minimum atomic E-state index is -0.247. The van der Waals surface area contributed by atoms with Crippen LogP contribution in [0.25, 0.3) is 11.1 Å². The Hall–Kier alpha value is -2.27. The van der Waals surface area contributed by atoms with E-state index in [4.69, 9.17) is 4.74 Å². The maximum atomic E-state index is 12.5. The number of amides is 1. The summed E-state index contributed by atoms with van der Waals surface area (Å²) in [5, 5.41) is 0.467. The van der Waals surface area contributed by atoms with E-state index in [0.717, 1.165) is 12.8 Å². The Bertz CT molecular complexity index is 813. The molecule has 1 aliphatic carbocycles. The van der Waals surface area contributed by atoms with Crippen molar-refractivity contribution in [2.24, 2.45) is 0 Å². The first kappa shape index (κ1) is 18.1. The summed E-state index contributed by atoms with van der Waals surface area (Å²) in [6.07, 6.45) is 1.44. The van der Waals surface area contributed by atoms with Gasteiger partial charge < -0.3 is 9.64 Å². The van der Waals surface area contributed by atoms with Crippen molar-refractivity contribution in [3.8, 4) is 11.1 Å². The van der Waals surface area contributed by atoms with Gasteiger partial charge in [-0.1, -0.05) is 60.3 Å². The molecule has 0 saturated carbocycles. The number of benzene rings is 2. The number of thioether (sulfide) groups is 1. The highest BCUT2D eigenvalue weighted by atomic mass is 32.2. The number of piperidine rings is 1. The molecule has 27 heavy (non-hydrogen) atoms. The Morgan fingerprint density at radius 2 is 1.56 bits per heavy atom. The molecule has 1 heterocycles. The number of likely N-dealkylation sites (tertiary alicyclic amines) is 1. The van der Waals surface area contributed by atoms with Crippen molar-refractivity contribution in [3.05, 3.63) is 59.7 Å². The maximum Gasteiger partial charge on any atom is 0.409 e. The first-order valence-electron chi connectivity index (χ1n) is 9.40. The second-order valence-corrected chi connectivity index (χ2v) is 8.58. The summed E-state index contributed by atoms with van der Waals surface area (Å²) in [4.78, 5) is 25.5. The van der Waals surface area contributed by atoms with Crippen LogP contribution in [0.15, 0.2) is 48.5 Å². The highest BCUT2D eigenvalue weighted by Crippen LogP contribution is 2.44. The van der Waals surface area contributed by atoms with E-state index in [0.29, 0.717) is 24.9 Å². The van der Waals surface area contributed by atoms with Crippen LogP contribution < -0.4 is 0 Å². The lowest BCUT2D eigenvalue weighted by molar-refractivity contribution is -0.109. The van der Waals surface area contributed by atoms with Crippen molar-refractivity contribution < 1.29 is 14.3 Å². The van der Waals surface area contributed by atoms with Crippen LogP contribution >= 0.6 is 11.8 Å². The van der Waals surface area contributed by atoms with E-state index in [2.05, 4.69) is 24.3 Å². The lowest BCUT2D eigenvalue weighted by Gasteiger charge is -2.30. The number of rotatable bonds is 3. The van der Waals surface area contributed by atoms with Crippen LogP contribution in [0.1, 0.15) is 36.8 Å². The second kappa shape index (κ2) is 7.77. The molecule has 0 N–H and O–H groups in total. The molecule has 4 nitrogen and oxygen atoms in total. The summed E-state index contributed by atoms with van der Waals surface area (Å²) in [6, 6.07) is 16.7. The van der Waals surface area contributed by atoms with E-state index < -0.39 is 0 Å². The SMILES string of the molecule is CC(=O)SC1CCN(C(=O)OCC2c3ccccc3-c3ccccc32)CC1. The van der Waals surface area contributed by atoms with E-state index in [1.165, 1.54) is 34.0 Å². The number of hydrogen-bond acceptors (Lipinski definition) is 4. The lowest BCUT2D eigenvalue weighted by atomic mass is 9.98. The van der Waals surface area contributed by atoms with Crippen molar-refractivity contribution in [1.29, 1.82) is 0 Å². The minimum absolute atomic E-state index is 0.0900. The number of carbonyl (C=O) groups excluding carboxylic acids is 2. The molecule has 0 bridgehead atoms. The van der Waals surface area contributed by atoms with E-state index in [-0.39, 0.29) is 17.1 Å². The monoisotopic (exact) mass is 381 g/mol. The van der Waals surface area contributed by atoms with Crippen LogP contribution in [0, 0.1) is 0 Å². The molecule has 5 heteroatoms. The standard InChI is InChI=1S/C22H23NO3S/c1-15(24)27-16-10-12-23(13-11-16)22(25)26-14-21-19-8-4-2-6-17(19)18-7-3-5-9-20(18)21/h2-9,16,21H,10-14H2,1H3. The van der Waals surface area contributed by atoms with Crippen molar-refractivity contribution in [2.75, 3.05) is 19.7 Å². The fourth-order valence-electron chi connectivity index (χ4n) is 4.08. The van der Waals surface area contributed by atoms with E-state index in [1.54, 1.807) is 11.8 Å². The first-order valence-corrected chi connectivity index (χ1v) is 10.3. The van der Waals surface area contributed by atoms with Gasteiger partial charge in [-0.15, -0.1) is 0 Å². The van der Waals surface area contributed by atoms with Crippen molar-refractivity contribution in [2.45, 2.75) is 30.9 Å². The molecule has 1 fully saturated rings. The molecule has 0 unspecified atom stereocenters. The highest BCUT2D eigenvalue weighted by molar-refractivity contribution is 8.14. The van der Waals surface area contributed by atoms with Gasteiger partial charge in [-0.2, -0.15) is 0 Å². The summed E-state index contributed by atoms with van der Waals surface area (Å²) in [5.74, 6) is 0.0900. The zero-order valence-electron chi connectivity index (χ0n) is 15.4. The van der Waals surface area contributed by atoms with E-state index >= 15 is 0 Å². The molecule has 2 aromatic rings. The van der Waals surface area contributed by atoms with Gasteiger partial charge in [-0.3, -0.25) is 4.79 Å². The minimum Gasteiger partial charge on any atom is -0.448 e. The maximum absolute atomic E-state index is 12.5. The van der Waals surface area contributed by atoms with Crippen LogP contribution in [-0.4, -0.2) is 41.1 Å². The summed E-state index contributed by atoms with van der Waals surface area (Å²) in [7, 11) is 0. The molecular weight excluding hydrogens is 358 g/mol. The number of ether oxygens (including phenoxy) is 1. The number of fused-ring (bicyclic) bond motifs is 3. The first-order chi connectivity index (χ1) is 13.1. The van der Waals surface area contributed by atoms with Crippen LogP contribution in [0.5, 0.6) is 0 Å². The molecule has 2 aromatic carbocycles. The van der Waals surface area contributed by atoms with E-state index in [1.807, 2.05) is 24.3 Å². The lowest BCUT2D eigenvalue weighted by Crippen LogP contribution is -2.40. The molecule has 0 aromatic heterocycles. The summed E-state index contributed by atoms with van der Waals surface area (Å²) in [5.41, 5.74) is 4.92. The Balaban J connectivity index is 1.39. The zero-order chi connectivity index (χ0) is 18.8. The van der Waals surface area contributed by atoms with Gasteiger partial charge in [0.2, 0.25) is 0 Å². The third kappa shape index (κ3) is 3.74. The molecule has 4 rings (SSSR count). The third-order valence-electron chi connectivity index (χ3n) is 5.37. The zero-order valence-corrected chi connectivity index (χ0v) is 16.2. The van der Waals surface area contributed by atoms with Gasteiger partial charge in [-0.25, -0.2) is 4.79 Å².